The largest absolute Gasteiger partial charge is 0.481 e. The molecule has 0 aromatic carbocycles. The van der Waals surface area contributed by atoms with Crippen LogP contribution in [0.1, 0.15) is 271 Å². The molecule has 2 saturated heterocycles. The highest BCUT2D eigenvalue weighted by atomic mass is 31.2. The van der Waals surface area contributed by atoms with E-state index in [1.54, 1.807) is 0 Å². The Morgan fingerprint density at radius 3 is 1.43 bits per heavy atom. The Hall–Kier alpha value is -2.37. The van der Waals surface area contributed by atoms with Crippen molar-refractivity contribution in [2.24, 2.45) is 0 Å². The number of aliphatic hydroxyl groups is 5. The number of esters is 1. The SMILES string of the molecule is CCCCCCCCCCCC(=O)O[C@H](CCCCCCCCCCC)CC(=O)N[C@H]1[C@H](OC[C@H]2O[C@H](OCCCCCCCCC(=O)O)[C@H](NC(=O)C[C@H](O)CCCCCCCCCCC)[C@@H](O)[C@@H]2O)O[C@H](CO)[C@@H](OP(=O)(O)O)[C@@H]1O. The van der Waals surface area contributed by atoms with Crippen molar-refractivity contribution in [2.75, 3.05) is 19.8 Å². The van der Waals surface area contributed by atoms with Gasteiger partial charge in [0.25, 0.3) is 0 Å². The first-order valence-electron chi connectivity index (χ1n) is 32.6. The monoisotopic (exact) mass is 1210 g/mol. The summed E-state index contributed by atoms with van der Waals surface area (Å²) >= 11 is 0. The number of rotatable bonds is 53. The fourth-order valence-electron chi connectivity index (χ4n) is 10.9. The standard InChI is InChI=1S/C61H115N2O19P/c1-4-7-10-13-16-19-22-27-32-37-46(65)42-50(66)62-54-57(72)56(71)49(81-60(54)77-41-36-31-26-25-29-34-39-52(68)69)45-78-61-55(58(73)59(48(44-64)80-61)82-83(74,75)76)63-51(67)43-47(38-33-28-23-20-17-14-11-8-5-2)79-53(70)40-35-30-24-21-18-15-12-9-6-3/h46-49,54-61,64-65,71-73H,4-45H2,1-3H3,(H,62,66)(H,63,67)(H,68,69)(H2,74,75,76)/t46-,47-,48-,49-,54-,55-,56-,57-,58-,59-,60+,61-/m1/s1. The average Bonchev–Trinajstić information content (AvgIpc) is 3.04. The number of unbranched alkanes of at least 4 members (excludes halogenated alkanes) is 29. The number of hydrogen-bond donors (Lipinski definition) is 10. The molecule has 488 valence electrons. The van der Waals surface area contributed by atoms with Crippen molar-refractivity contribution in [2.45, 2.75) is 345 Å². The Bertz CT molecular complexity index is 1710. The number of carbonyl (C=O) groups excluding carboxylic acids is 3. The van der Waals surface area contributed by atoms with Crippen molar-refractivity contribution in [3.05, 3.63) is 0 Å². The maximum atomic E-state index is 14.1. The van der Waals surface area contributed by atoms with Crippen LogP contribution < -0.4 is 10.6 Å². The van der Waals surface area contributed by atoms with E-state index in [4.69, 9.17) is 33.3 Å². The number of carbonyl (C=O) groups is 4. The van der Waals surface area contributed by atoms with E-state index in [1.165, 1.54) is 83.5 Å². The van der Waals surface area contributed by atoms with Gasteiger partial charge in [-0.05, 0) is 38.5 Å². The maximum Gasteiger partial charge on any atom is 0.470 e. The molecule has 2 fully saturated rings. The van der Waals surface area contributed by atoms with Crippen molar-refractivity contribution in [1.29, 1.82) is 0 Å². The van der Waals surface area contributed by atoms with Crippen LogP contribution >= 0.6 is 7.82 Å². The molecule has 2 rings (SSSR count). The summed E-state index contributed by atoms with van der Waals surface area (Å²) < 4.78 is 47.3. The summed E-state index contributed by atoms with van der Waals surface area (Å²) in [6.07, 6.45) is 18.4. The Morgan fingerprint density at radius 1 is 0.518 bits per heavy atom. The van der Waals surface area contributed by atoms with E-state index < -0.39 is 118 Å². The summed E-state index contributed by atoms with van der Waals surface area (Å²) in [5.74, 6) is -2.61. The van der Waals surface area contributed by atoms with E-state index in [9.17, 15) is 59.1 Å². The van der Waals surface area contributed by atoms with Gasteiger partial charge in [0.2, 0.25) is 11.8 Å². The van der Waals surface area contributed by atoms with Gasteiger partial charge in [0.1, 0.15) is 54.8 Å². The number of carboxylic acids is 1. The van der Waals surface area contributed by atoms with E-state index in [0.29, 0.717) is 44.9 Å². The van der Waals surface area contributed by atoms with Crippen molar-refractivity contribution >= 4 is 31.6 Å². The molecule has 2 aliphatic rings. The third-order valence-electron chi connectivity index (χ3n) is 15.8. The van der Waals surface area contributed by atoms with Gasteiger partial charge >= 0.3 is 19.8 Å². The van der Waals surface area contributed by atoms with Crippen LogP contribution in [-0.2, 0) is 52.0 Å². The first-order valence-corrected chi connectivity index (χ1v) is 34.1. The first-order chi connectivity index (χ1) is 39.9. The Balaban J connectivity index is 2.25. The molecule has 21 nitrogen and oxygen atoms in total. The van der Waals surface area contributed by atoms with Crippen molar-refractivity contribution in [3.63, 3.8) is 0 Å². The van der Waals surface area contributed by atoms with Crippen LogP contribution in [0.5, 0.6) is 0 Å². The fourth-order valence-corrected chi connectivity index (χ4v) is 11.5. The Kier molecular flexibility index (Phi) is 44.1. The molecular formula is C61H115N2O19P. The number of nitrogens with one attached hydrogen (secondary N) is 2. The van der Waals surface area contributed by atoms with Crippen molar-refractivity contribution < 1.29 is 92.4 Å². The number of ether oxygens (including phenoxy) is 5. The maximum absolute atomic E-state index is 14.1. The summed E-state index contributed by atoms with van der Waals surface area (Å²) in [6.45, 7) is 5.11. The zero-order chi connectivity index (χ0) is 61.1. The van der Waals surface area contributed by atoms with Gasteiger partial charge in [-0.25, -0.2) is 4.57 Å². The second-order valence-corrected chi connectivity index (χ2v) is 24.6. The molecule has 0 aromatic rings. The lowest BCUT2D eigenvalue weighted by atomic mass is 9.95. The molecule has 0 aliphatic carbocycles. The van der Waals surface area contributed by atoms with Crippen LogP contribution in [0, 0.1) is 0 Å². The molecule has 2 aliphatic heterocycles. The molecule has 2 heterocycles. The smallest absolute Gasteiger partial charge is 0.470 e. The summed E-state index contributed by atoms with van der Waals surface area (Å²) in [4.78, 5) is 71.3. The average molecular weight is 1210 g/mol. The van der Waals surface area contributed by atoms with Crippen LogP contribution in [0.15, 0.2) is 0 Å². The molecule has 10 N–H and O–H groups in total. The Labute approximate surface area is 497 Å². The highest BCUT2D eigenvalue weighted by molar-refractivity contribution is 7.46. The highest BCUT2D eigenvalue weighted by Gasteiger charge is 2.51. The van der Waals surface area contributed by atoms with E-state index in [1.807, 2.05) is 0 Å². The van der Waals surface area contributed by atoms with Gasteiger partial charge in [-0.2, -0.15) is 0 Å². The van der Waals surface area contributed by atoms with Crippen LogP contribution in [0.25, 0.3) is 0 Å². The van der Waals surface area contributed by atoms with Gasteiger partial charge in [0.15, 0.2) is 12.6 Å². The van der Waals surface area contributed by atoms with Crippen LogP contribution in [0.4, 0.5) is 0 Å². The predicted molar refractivity (Wildman–Crippen MR) is 316 cm³/mol. The second kappa shape index (κ2) is 47.7. The van der Waals surface area contributed by atoms with Crippen LogP contribution in [0.3, 0.4) is 0 Å². The molecule has 0 unspecified atom stereocenters. The van der Waals surface area contributed by atoms with Gasteiger partial charge in [0, 0.05) is 19.4 Å². The summed E-state index contributed by atoms with van der Waals surface area (Å²) in [5, 5.41) is 70.3. The molecule has 0 bridgehead atoms. The molecular weight excluding hydrogens is 1100 g/mol. The second-order valence-electron chi connectivity index (χ2n) is 23.4. The predicted octanol–water partition coefficient (Wildman–Crippen LogP) is 9.62. The number of phosphoric ester groups is 1. The van der Waals surface area contributed by atoms with Gasteiger partial charge in [-0.3, -0.25) is 23.7 Å². The van der Waals surface area contributed by atoms with Crippen LogP contribution in [0.2, 0.25) is 0 Å². The van der Waals surface area contributed by atoms with Gasteiger partial charge in [-0.15, -0.1) is 0 Å². The number of hydrogen-bond acceptors (Lipinski definition) is 16. The van der Waals surface area contributed by atoms with E-state index >= 15 is 0 Å². The van der Waals surface area contributed by atoms with E-state index in [2.05, 4.69) is 31.4 Å². The minimum absolute atomic E-state index is 0.0961. The number of aliphatic hydroxyl groups excluding tert-OH is 5. The number of phosphoric acid groups is 1. The third-order valence-corrected chi connectivity index (χ3v) is 16.4. The normalized spacial score (nSPS) is 23.6. The summed E-state index contributed by atoms with van der Waals surface area (Å²) in [7, 11) is -5.33. The lowest BCUT2D eigenvalue weighted by molar-refractivity contribution is -0.302. The van der Waals surface area contributed by atoms with Gasteiger partial charge < -0.3 is 74.7 Å². The van der Waals surface area contributed by atoms with Crippen molar-refractivity contribution in [3.8, 4) is 0 Å². The lowest BCUT2D eigenvalue weighted by Gasteiger charge is -2.45. The summed E-state index contributed by atoms with van der Waals surface area (Å²) in [6, 6.07) is -2.94. The number of amides is 2. The first kappa shape index (κ1) is 76.7. The van der Waals surface area contributed by atoms with E-state index in [0.717, 1.165) is 96.3 Å². The third kappa shape index (κ3) is 36.5. The fraction of sp³-hybridized carbons (Fsp3) is 0.934. The molecule has 22 heteroatoms. The Morgan fingerprint density at radius 2 is 0.940 bits per heavy atom. The zero-order valence-corrected chi connectivity index (χ0v) is 52.0. The zero-order valence-electron chi connectivity index (χ0n) is 51.1. The molecule has 0 spiro atoms. The quantitative estimate of drug-likeness (QED) is 0.0154. The molecule has 12 atom stereocenters. The van der Waals surface area contributed by atoms with Crippen LogP contribution in [-0.4, -0.2) is 157 Å². The van der Waals surface area contributed by atoms with Gasteiger partial charge in [0.05, 0.1) is 32.2 Å². The highest BCUT2D eigenvalue weighted by Crippen LogP contribution is 2.42. The van der Waals surface area contributed by atoms with Gasteiger partial charge in [-0.1, -0.05) is 207 Å². The number of aliphatic carboxylic acids is 1. The summed E-state index contributed by atoms with van der Waals surface area (Å²) in [5.41, 5.74) is 0. The molecule has 0 saturated carbocycles. The molecule has 2 amide bonds. The molecule has 0 aromatic heterocycles. The number of carboxylic acid groups (broad SMARTS) is 1. The van der Waals surface area contributed by atoms with Crippen molar-refractivity contribution in [1.82, 2.24) is 10.6 Å². The lowest BCUT2D eigenvalue weighted by Crippen LogP contribution is -2.67. The topological polar surface area (TPSA) is 327 Å². The minimum Gasteiger partial charge on any atom is -0.481 e. The van der Waals surface area contributed by atoms with E-state index in [-0.39, 0.29) is 32.3 Å². The molecule has 83 heavy (non-hydrogen) atoms. The minimum atomic E-state index is -5.33. The molecule has 0 radical (unpaired) electrons.